The standard InChI is InChI=1S/C20H35N5O.HI/c1-16(2)24-19(26)12-14-23-20(21-4)22-13-11-17(3)25(5)15-18-9-7-6-8-10-18;/h6-10,16-17H,11-15H2,1-5H3,(H,24,26)(H2,21,22,23);1H. The van der Waals surface area contributed by atoms with Gasteiger partial charge in [0.1, 0.15) is 0 Å². The van der Waals surface area contributed by atoms with Crippen molar-refractivity contribution in [3.05, 3.63) is 35.9 Å². The molecule has 1 amide bonds. The molecule has 0 aliphatic carbocycles. The van der Waals surface area contributed by atoms with Gasteiger partial charge in [-0.1, -0.05) is 30.3 Å². The van der Waals surface area contributed by atoms with E-state index in [-0.39, 0.29) is 35.9 Å². The summed E-state index contributed by atoms with van der Waals surface area (Å²) in [5.41, 5.74) is 1.33. The summed E-state index contributed by atoms with van der Waals surface area (Å²) >= 11 is 0. The number of carbonyl (C=O) groups excluding carboxylic acids is 1. The Hall–Kier alpha value is -1.35. The molecule has 0 aromatic heterocycles. The monoisotopic (exact) mass is 489 g/mol. The summed E-state index contributed by atoms with van der Waals surface area (Å²) < 4.78 is 0. The maximum atomic E-state index is 11.6. The average Bonchev–Trinajstić information content (AvgIpc) is 2.60. The third-order valence-electron chi connectivity index (χ3n) is 4.20. The van der Waals surface area contributed by atoms with Gasteiger partial charge in [-0.05, 0) is 39.8 Å². The fraction of sp³-hybridized carbons (Fsp3) is 0.600. The number of hydrogen-bond donors (Lipinski definition) is 3. The molecule has 1 atom stereocenters. The molecule has 1 aromatic rings. The average molecular weight is 489 g/mol. The van der Waals surface area contributed by atoms with E-state index in [1.807, 2.05) is 19.9 Å². The molecular weight excluding hydrogens is 453 g/mol. The highest BCUT2D eigenvalue weighted by molar-refractivity contribution is 14.0. The first-order valence-corrected chi connectivity index (χ1v) is 9.40. The van der Waals surface area contributed by atoms with Crippen molar-refractivity contribution in [2.45, 2.75) is 52.2 Å². The Morgan fingerprint density at radius 3 is 2.33 bits per heavy atom. The topological polar surface area (TPSA) is 68.8 Å². The van der Waals surface area contributed by atoms with Gasteiger partial charge in [0.2, 0.25) is 5.91 Å². The summed E-state index contributed by atoms with van der Waals surface area (Å²) in [7, 11) is 3.90. The first-order chi connectivity index (χ1) is 12.4. The number of nitrogens with zero attached hydrogens (tertiary/aromatic N) is 2. The van der Waals surface area contributed by atoms with Gasteiger partial charge in [-0.2, -0.15) is 0 Å². The lowest BCUT2D eigenvalue weighted by molar-refractivity contribution is -0.121. The van der Waals surface area contributed by atoms with Gasteiger partial charge in [-0.3, -0.25) is 14.7 Å². The predicted octanol–water partition coefficient (Wildman–Crippen LogP) is 2.59. The zero-order chi connectivity index (χ0) is 19.4. The maximum absolute atomic E-state index is 11.6. The molecular formula is C20H36IN5O. The molecule has 1 unspecified atom stereocenters. The number of nitrogens with one attached hydrogen (secondary N) is 3. The molecule has 6 nitrogen and oxygen atoms in total. The van der Waals surface area contributed by atoms with Gasteiger partial charge in [-0.25, -0.2) is 0 Å². The van der Waals surface area contributed by atoms with Crippen LogP contribution in [0.5, 0.6) is 0 Å². The Balaban J connectivity index is 0.00000676. The number of benzene rings is 1. The van der Waals surface area contributed by atoms with Gasteiger partial charge in [0, 0.05) is 45.2 Å². The normalized spacial score (nSPS) is 12.5. The lowest BCUT2D eigenvalue weighted by Gasteiger charge is -2.25. The van der Waals surface area contributed by atoms with Gasteiger partial charge in [0.25, 0.3) is 0 Å². The molecule has 0 radical (unpaired) electrons. The van der Waals surface area contributed by atoms with Crippen molar-refractivity contribution in [2.24, 2.45) is 4.99 Å². The van der Waals surface area contributed by atoms with Crippen LogP contribution in [0.3, 0.4) is 0 Å². The van der Waals surface area contributed by atoms with Crippen molar-refractivity contribution >= 4 is 35.8 Å². The number of guanidine groups is 1. The molecule has 0 heterocycles. The molecule has 0 aliphatic heterocycles. The van der Waals surface area contributed by atoms with Crippen molar-refractivity contribution in [2.75, 3.05) is 27.2 Å². The molecule has 7 heteroatoms. The van der Waals surface area contributed by atoms with E-state index in [0.29, 0.717) is 19.0 Å². The van der Waals surface area contributed by atoms with Crippen LogP contribution in [-0.4, -0.2) is 56.0 Å². The van der Waals surface area contributed by atoms with E-state index in [0.717, 1.165) is 25.5 Å². The van der Waals surface area contributed by atoms with Gasteiger partial charge in [0.15, 0.2) is 5.96 Å². The van der Waals surface area contributed by atoms with E-state index in [1.165, 1.54) is 5.56 Å². The van der Waals surface area contributed by atoms with Gasteiger partial charge in [0.05, 0.1) is 0 Å². The summed E-state index contributed by atoms with van der Waals surface area (Å²) in [6, 6.07) is 11.1. The Labute approximate surface area is 181 Å². The van der Waals surface area contributed by atoms with Crippen LogP contribution in [0.1, 0.15) is 39.2 Å². The van der Waals surface area contributed by atoms with Crippen LogP contribution in [0.4, 0.5) is 0 Å². The predicted molar refractivity (Wildman–Crippen MR) is 125 cm³/mol. The fourth-order valence-electron chi connectivity index (χ4n) is 2.56. The molecule has 154 valence electrons. The fourth-order valence-corrected chi connectivity index (χ4v) is 2.56. The van der Waals surface area contributed by atoms with Gasteiger partial charge < -0.3 is 16.0 Å². The summed E-state index contributed by atoms with van der Waals surface area (Å²) in [4.78, 5) is 18.2. The Morgan fingerprint density at radius 2 is 1.74 bits per heavy atom. The second-order valence-corrected chi connectivity index (χ2v) is 6.94. The quantitative estimate of drug-likeness (QED) is 0.269. The van der Waals surface area contributed by atoms with Crippen LogP contribution in [0.2, 0.25) is 0 Å². The van der Waals surface area contributed by atoms with E-state index >= 15 is 0 Å². The Kier molecular flexibility index (Phi) is 13.9. The first-order valence-electron chi connectivity index (χ1n) is 9.40. The van der Waals surface area contributed by atoms with Crippen LogP contribution < -0.4 is 16.0 Å². The van der Waals surface area contributed by atoms with Crippen molar-refractivity contribution in [3.63, 3.8) is 0 Å². The summed E-state index contributed by atoms with van der Waals surface area (Å²) in [5.74, 6) is 0.791. The highest BCUT2D eigenvalue weighted by atomic mass is 127. The van der Waals surface area contributed by atoms with Gasteiger partial charge >= 0.3 is 0 Å². The number of halogens is 1. The zero-order valence-corrected chi connectivity index (χ0v) is 19.6. The van der Waals surface area contributed by atoms with Gasteiger partial charge in [-0.15, -0.1) is 24.0 Å². The number of rotatable bonds is 10. The highest BCUT2D eigenvalue weighted by Gasteiger charge is 2.10. The highest BCUT2D eigenvalue weighted by Crippen LogP contribution is 2.07. The van der Waals surface area contributed by atoms with Crippen LogP contribution >= 0.6 is 24.0 Å². The van der Waals surface area contributed by atoms with Crippen molar-refractivity contribution in [3.8, 4) is 0 Å². The molecule has 0 saturated carbocycles. The molecule has 27 heavy (non-hydrogen) atoms. The molecule has 0 bridgehead atoms. The third kappa shape index (κ3) is 11.9. The summed E-state index contributed by atoms with van der Waals surface area (Å²) in [6.45, 7) is 8.50. The largest absolute Gasteiger partial charge is 0.356 e. The minimum absolute atomic E-state index is 0. The summed E-state index contributed by atoms with van der Waals surface area (Å²) in [6.07, 6.45) is 1.45. The number of aliphatic imine (C=N–C) groups is 1. The van der Waals surface area contributed by atoms with E-state index in [9.17, 15) is 4.79 Å². The SMILES string of the molecule is CN=C(NCCC(=O)NC(C)C)NCCC(C)N(C)Cc1ccccc1.I. The van der Waals surface area contributed by atoms with E-state index in [1.54, 1.807) is 7.05 Å². The van der Waals surface area contributed by atoms with Crippen molar-refractivity contribution in [1.82, 2.24) is 20.9 Å². The maximum Gasteiger partial charge on any atom is 0.221 e. The minimum atomic E-state index is 0. The lowest BCUT2D eigenvalue weighted by atomic mass is 10.1. The number of carbonyl (C=O) groups is 1. The number of amides is 1. The van der Waals surface area contributed by atoms with Crippen LogP contribution in [0.25, 0.3) is 0 Å². The lowest BCUT2D eigenvalue weighted by Crippen LogP contribution is -2.41. The van der Waals surface area contributed by atoms with E-state index in [2.05, 4.69) is 64.1 Å². The van der Waals surface area contributed by atoms with E-state index < -0.39 is 0 Å². The molecule has 1 rings (SSSR count). The number of hydrogen-bond acceptors (Lipinski definition) is 3. The molecule has 0 spiro atoms. The minimum Gasteiger partial charge on any atom is -0.356 e. The Morgan fingerprint density at radius 1 is 1.11 bits per heavy atom. The molecule has 3 N–H and O–H groups in total. The third-order valence-corrected chi connectivity index (χ3v) is 4.20. The van der Waals surface area contributed by atoms with Crippen LogP contribution in [0.15, 0.2) is 35.3 Å². The Bertz CT molecular complexity index is 551. The first kappa shape index (κ1) is 25.6. The second-order valence-electron chi connectivity index (χ2n) is 6.94. The second kappa shape index (κ2) is 14.7. The molecule has 0 fully saturated rings. The van der Waals surface area contributed by atoms with Crippen molar-refractivity contribution < 1.29 is 4.79 Å². The molecule has 1 aromatic carbocycles. The van der Waals surface area contributed by atoms with Crippen molar-refractivity contribution in [1.29, 1.82) is 0 Å². The van der Waals surface area contributed by atoms with Crippen LogP contribution in [-0.2, 0) is 11.3 Å². The summed E-state index contributed by atoms with van der Waals surface area (Å²) in [5, 5.41) is 9.38. The smallest absolute Gasteiger partial charge is 0.221 e. The van der Waals surface area contributed by atoms with E-state index in [4.69, 9.17) is 0 Å². The molecule has 0 aliphatic rings. The zero-order valence-electron chi connectivity index (χ0n) is 17.3. The van der Waals surface area contributed by atoms with Crippen LogP contribution in [0, 0.1) is 0 Å². The molecule has 0 saturated heterocycles.